The summed E-state index contributed by atoms with van der Waals surface area (Å²) in [6.45, 7) is 0.953. The van der Waals surface area contributed by atoms with Gasteiger partial charge in [0.25, 0.3) is 0 Å². The van der Waals surface area contributed by atoms with E-state index in [0.29, 0.717) is 10.0 Å². The molecule has 2 rings (SSSR count). The van der Waals surface area contributed by atoms with E-state index in [2.05, 4.69) is 5.32 Å². The SMILES string of the molecule is CNCC1(C(N)c2ccc(Cl)c(Cl)c2)CC1. The van der Waals surface area contributed by atoms with Crippen LogP contribution in [0.3, 0.4) is 0 Å². The van der Waals surface area contributed by atoms with Crippen LogP contribution in [-0.4, -0.2) is 13.6 Å². The molecule has 0 spiro atoms. The topological polar surface area (TPSA) is 38.0 Å². The molecule has 0 radical (unpaired) electrons. The van der Waals surface area contributed by atoms with E-state index in [1.165, 1.54) is 12.8 Å². The molecule has 1 atom stereocenters. The molecular formula is C12H16Cl2N2. The van der Waals surface area contributed by atoms with Crippen LogP contribution in [0.1, 0.15) is 24.4 Å². The first-order valence-corrected chi connectivity index (χ1v) is 6.20. The van der Waals surface area contributed by atoms with Crippen molar-refractivity contribution in [3.8, 4) is 0 Å². The summed E-state index contributed by atoms with van der Waals surface area (Å²) >= 11 is 11.9. The van der Waals surface area contributed by atoms with Gasteiger partial charge in [-0.05, 0) is 37.6 Å². The van der Waals surface area contributed by atoms with Crippen LogP contribution in [0.15, 0.2) is 18.2 Å². The number of hydrogen-bond acceptors (Lipinski definition) is 2. The van der Waals surface area contributed by atoms with E-state index < -0.39 is 0 Å². The molecular weight excluding hydrogens is 243 g/mol. The third-order valence-electron chi connectivity index (χ3n) is 3.38. The van der Waals surface area contributed by atoms with Crippen molar-refractivity contribution in [3.63, 3.8) is 0 Å². The third-order valence-corrected chi connectivity index (χ3v) is 4.12. The smallest absolute Gasteiger partial charge is 0.0595 e. The summed E-state index contributed by atoms with van der Waals surface area (Å²) < 4.78 is 0. The van der Waals surface area contributed by atoms with E-state index in [4.69, 9.17) is 28.9 Å². The Balaban J connectivity index is 2.20. The molecule has 0 amide bonds. The molecule has 1 aliphatic rings. The largest absolute Gasteiger partial charge is 0.323 e. The zero-order valence-corrected chi connectivity index (χ0v) is 10.8. The van der Waals surface area contributed by atoms with Gasteiger partial charge in [-0.25, -0.2) is 0 Å². The second kappa shape index (κ2) is 4.53. The molecule has 0 heterocycles. The number of benzene rings is 1. The Morgan fingerprint density at radius 3 is 2.56 bits per heavy atom. The lowest BCUT2D eigenvalue weighted by molar-refractivity contribution is 0.392. The fourth-order valence-electron chi connectivity index (χ4n) is 2.17. The molecule has 1 aliphatic carbocycles. The Labute approximate surface area is 106 Å². The average Bonchev–Trinajstić information content (AvgIpc) is 3.03. The normalized spacial score (nSPS) is 19.5. The Kier molecular flexibility index (Phi) is 3.45. The van der Waals surface area contributed by atoms with Gasteiger partial charge in [0.2, 0.25) is 0 Å². The Morgan fingerprint density at radius 1 is 1.38 bits per heavy atom. The third kappa shape index (κ3) is 2.21. The molecule has 0 aromatic heterocycles. The first-order valence-electron chi connectivity index (χ1n) is 5.44. The Morgan fingerprint density at radius 2 is 2.06 bits per heavy atom. The summed E-state index contributed by atoms with van der Waals surface area (Å²) in [6, 6.07) is 5.70. The van der Waals surface area contributed by atoms with Crippen LogP contribution >= 0.6 is 23.2 Å². The second-order valence-electron chi connectivity index (χ2n) is 4.54. The zero-order valence-electron chi connectivity index (χ0n) is 9.26. The average molecular weight is 259 g/mol. The predicted molar refractivity (Wildman–Crippen MR) is 69.0 cm³/mol. The first-order chi connectivity index (χ1) is 7.59. The van der Waals surface area contributed by atoms with Crippen molar-refractivity contribution in [2.45, 2.75) is 18.9 Å². The molecule has 0 bridgehead atoms. The molecule has 1 aromatic rings. The van der Waals surface area contributed by atoms with Gasteiger partial charge in [-0.3, -0.25) is 0 Å². The van der Waals surface area contributed by atoms with Gasteiger partial charge < -0.3 is 11.1 Å². The van der Waals surface area contributed by atoms with Gasteiger partial charge in [0.1, 0.15) is 0 Å². The minimum atomic E-state index is 0.0368. The predicted octanol–water partition coefficient (Wildman–Crippen LogP) is 2.99. The van der Waals surface area contributed by atoms with Crippen molar-refractivity contribution < 1.29 is 0 Å². The molecule has 0 saturated heterocycles. The quantitative estimate of drug-likeness (QED) is 0.872. The molecule has 88 valence electrons. The van der Waals surface area contributed by atoms with Crippen molar-refractivity contribution in [2.24, 2.45) is 11.1 Å². The monoisotopic (exact) mass is 258 g/mol. The number of halogens is 2. The Bertz CT molecular complexity index is 389. The maximum absolute atomic E-state index is 6.30. The minimum absolute atomic E-state index is 0.0368. The summed E-state index contributed by atoms with van der Waals surface area (Å²) in [6.07, 6.45) is 2.35. The van der Waals surface area contributed by atoms with Gasteiger partial charge >= 0.3 is 0 Å². The number of hydrogen-bond donors (Lipinski definition) is 2. The molecule has 0 aliphatic heterocycles. The molecule has 2 nitrogen and oxygen atoms in total. The van der Waals surface area contributed by atoms with Crippen molar-refractivity contribution in [2.75, 3.05) is 13.6 Å². The van der Waals surface area contributed by atoms with E-state index in [9.17, 15) is 0 Å². The van der Waals surface area contributed by atoms with E-state index in [0.717, 1.165) is 12.1 Å². The van der Waals surface area contributed by atoms with Gasteiger partial charge in [-0.15, -0.1) is 0 Å². The molecule has 3 N–H and O–H groups in total. The van der Waals surface area contributed by atoms with Crippen molar-refractivity contribution in [1.29, 1.82) is 0 Å². The Hall–Kier alpha value is -0.280. The lowest BCUT2D eigenvalue weighted by atomic mass is 9.91. The highest BCUT2D eigenvalue weighted by molar-refractivity contribution is 6.42. The standard InChI is InChI=1S/C12H16Cl2N2/c1-16-7-12(4-5-12)11(15)8-2-3-9(13)10(14)6-8/h2-3,6,11,16H,4-5,7,15H2,1H3. The first kappa shape index (κ1) is 12.2. The van der Waals surface area contributed by atoms with Crippen molar-refractivity contribution in [3.05, 3.63) is 33.8 Å². The molecule has 1 aromatic carbocycles. The van der Waals surface area contributed by atoms with Crippen LogP contribution in [0.4, 0.5) is 0 Å². The molecule has 16 heavy (non-hydrogen) atoms. The number of nitrogens with two attached hydrogens (primary N) is 1. The lowest BCUT2D eigenvalue weighted by Crippen LogP contribution is -2.31. The number of rotatable bonds is 4. The van der Waals surface area contributed by atoms with Crippen LogP contribution in [-0.2, 0) is 0 Å². The van der Waals surface area contributed by atoms with E-state index in [1.54, 1.807) is 0 Å². The van der Waals surface area contributed by atoms with Gasteiger partial charge in [-0.1, -0.05) is 29.3 Å². The van der Waals surface area contributed by atoms with Crippen molar-refractivity contribution >= 4 is 23.2 Å². The maximum Gasteiger partial charge on any atom is 0.0595 e. The highest BCUT2D eigenvalue weighted by Crippen LogP contribution is 2.53. The van der Waals surface area contributed by atoms with Crippen LogP contribution in [0.25, 0.3) is 0 Å². The van der Waals surface area contributed by atoms with Gasteiger partial charge in [0, 0.05) is 18.0 Å². The van der Waals surface area contributed by atoms with Crippen LogP contribution in [0, 0.1) is 5.41 Å². The van der Waals surface area contributed by atoms with E-state index in [-0.39, 0.29) is 11.5 Å². The molecule has 1 saturated carbocycles. The van der Waals surface area contributed by atoms with Gasteiger partial charge in [0.15, 0.2) is 0 Å². The van der Waals surface area contributed by atoms with Crippen molar-refractivity contribution in [1.82, 2.24) is 5.32 Å². The molecule has 4 heteroatoms. The summed E-state index contributed by atoms with van der Waals surface area (Å²) in [5.41, 5.74) is 7.58. The van der Waals surface area contributed by atoms with E-state index in [1.807, 2.05) is 25.2 Å². The summed E-state index contributed by atoms with van der Waals surface area (Å²) in [5, 5.41) is 4.37. The summed E-state index contributed by atoms with van der Waals surface area (Å²) in [7, 11) is 1.96. The summed E-state index contributed by atoms with van der Waals surface area (Å²) in [5.74, 6) is 0. The summed E-state index contributed by atoms with van der Waals surface area (Å²) in [4.78, 5) is 0. The van der Waals surface area contributed by atoms with Gasteiger partial charge in [0.05, 0.1) is 10.0 Å². The highest BCUT2D eigenvalue weighted by atomic mass is 35.5. The van der Waals surface area contributed by atoms with Crippen LogP contribution in [0.5, 0.6) is 0 Å². The maximum atomic E-state index is 6.30. The highest BCUT2D eigenvalue weighted by Gasteiger charge is 2.47. The second-order valence-corrected chi connectivity index (χ2v) is 5.36. The minimum Gasteiger partial charge on any atom is -0.323 e. The fourth-order valence-corrected chi connectivity index (χ4v) is 2.48. The van der Waals surface area contributed by atoms with Crippen LogP contribution < -0.4 is 11.1 Å². The lowest BCUT2D eigenvalue weighted by Gasteiger charge is -2.23. The molecule has 1 fully saturated rings. The van der Waals surface area contributed by atoms with Crippen LogP contribution in [0.2, 0.25) is 10.0 Å². The zero-order chi connectivity index (χ0) is 11.8. The fraction of sp³-hybridized carbons (Fsp3) is 0.500. The molecule has 1 unspecified atom stereocenters. The number of nitrogens with one attached hydrogen (secondary N) is 1. The van der Waals surface area contributed by atoms with E-state index >= 15 is 0 Å². The van der Waals surface area contributed by atoms with Gasteiger partial charge in [-0.2, -0.15) is 0 Å².